The summed E-state index contributed by atoms with van der Waals surface area (Å²) in [6, 6.07) is 3.79. The summed E-state index contributed by atoms with van der Waals surface area (Å²) in [5.74, 6) is 0.672. The van der Waals surface area contributed by atoms with Gasteiger partial charge < -0.3 is 5.32 Å². The van der Waals surface area contributed by atoms with Gasteiger partial charge in [0.15, 0.2) is 0 Å². The van der Waals surface area contributed by atoms with Crippen molar-refractivity contribution in [3.8, 4) is 0 Å². The van der Waals surface area contributed by atoms with Gasteiger partial charge >= 0.3 is 0 Å². The van der Waals surface area contributed by atoms with Crippen LogP contribution in [-0.2, 0) is 0 Å². The Bertz CT molecular complexity index is 313. The van der Waals surface area contributed by atoms with Crippen LogP contribution in [0.2, 0.25) is 5.15 Å². The van der Waals surface area contributed by atoms with Crippen molar-refractivity contribution in [2.75, 3.05) is 13.1 Å². The van der Waals surface area contributed by atoms with Gasteiger partial charge in [-0.1, -0.05) is 29.8 Å². The molecule has 0 amide bonds. The second kappa shape index (κ2) is 4.58. The first-order chi connectivity index (χ1) is 6.84. The van der Waals surface area contributed by atoms with E-state index in [0.717, 1.165) is 18.7 Å². The smallest absolute Gasteiger partial charge is 0.129 e. The fourth-order valence-corrected chi connectivity index (χ4v) is 1.69. The summed E-state index contributed by atoms with van der Waals surface area (Å²) >= 11 is 5.69. The normalized spacial score (nSPS) is 21.9. The maximum absolute atomic E-state index is 5.69. The van der Waals surface area contributed by atoms with Crippen molar-refractivity contribution in [3.05, 3.63) is 35.1 Å². The van der Waals surface area contributed by atoms with E-state index < -0.39 is 0 Å². The van der Waals surface area contributed by atoms with Crippen LogP contribution in [0.15, 0.2) is 24.4 Å². The van der Waals surface area contributed by atoms with Crippen LogP contribution in [0.4, 0.5) is 0 Å². The Labute approximate surface area is 89.0 Å². The second-order valence-electron chi connectivity index (χ2n) is 3.53. The minimum absolute atomic E-state index is 0.546. The number of aromatic nitrogens is 1. The summed E-state index contributed by atoms with van der Waals surface area (Å²) in [6.07, 6.45) is 7.38. The van der Waals surface area contributed by atoms with Crippen molar-refractivity contribution in [2.24, 2.45) is 5.92 Å². The van der Waals surface area contributed by atoms with Crippen LogP contribution >= 0.6 is 11.6 Å². The predicted molar refractivity (Wildman–Crippen MR) is 59.3 cm³/mol. The first-order valence-corrected chi connectivity index (χ1v) is 5.23. The molecule has 14 heavy (non-hydrogen) atoms. The third-order valence-electron chi connectivity index (χ3n) is 2.41. The van der Waals surface area contributed by atoms with Crippen molar-refractivity contribution in [3.63, 3.8) is 0 Å². The average molecular weight is 209 g/mol. The van der Waals surface area contributed by atoms with Crippen LogP contribution in [0.1, 0.15) is 12.0 Å². The van der Waals surface area contributed by atoms with Crippen molar-refractivity contribution < 1.29 is 0 Å². The molecule has 2 heterocycles. The summed E-state index contributed by atoms with van der Waals surface area (Å²) in [5.41, 5.74) is 1.11. The lowest BCUT2D eigenvalue weighted by Gasteiger charge is -1.99. The Hall–Kier alpha value is -0.860. The molecule has 1 N–H and O–H groups in total. The van der Waals surface area contributed by atoms with Crippen LogP contribution in [0, 0.1) is 5.92 Å². The molecule has 0 unspecified atom stereocenters. The molecule has 1 fully saturated rings. The van der Waals surface area contributed by atoms with Gasteiger partial charge in [-0.05, 0) is 30.5 Å². The first kappa shape index (κ1) is 9.69. The molecule has 1 aromatic rings. The second-order valence-corrected chi connectivity index (χ2v) is 3.91. The lowest BCUT2D eigenvalue weighted by Crippen LogP contribution is -2.07. The van der Waals surface area contributed by atoms with Gasteiger partial charge in [-0.15, -0.1) is 0 Å². The minimum Gasteiger partial charge on any atom is -0.316 e. The Morgan fingerprint density at radius 2 is 2.43 bits per heavy atom. The first-order valence-electron chi connectivity index (χ1n) is 4.85. The van der Waals surface area contributed by atoms with Gasteiger partial charge in [-0.2, -0.15) is 0 Å². The Morgan fingerprint density at radius 3 is 3.07 bits per heavy atom. The predicted octanol–water partition coefficient (Wildman–Crippen LogP) is 2.36. The molecule has 1 atom stereocenters. The maximum atomic E-state index is 5.69. The van der Waals surface area contributed by atoms with Crippen molar-refractivity contribution in [1.82, 2.24) is 10.3 Å². The summed E-state index contributed by atoms with van der Waals surface area (Å²) in [7, 11) is 0. The van der Waals surface area contributed by atoms with Crippen molar-refractivity contribution in [1.29, 1.82) is 0 Å². The third-order valence-corrected chi connectivity index (χ3v) is 2.63. The largest absolute Gasteiger partial charge is 0.316 e. The lowest BCUT2D eigenvalue weighted by molar-refractivity contribution is 0.731. The number of hydrogen-bond acceptors (Lipinski definition) is 2. The van der Waals surface area contributed by atoms with Gasteiger partial charge in [-0.3, -0.25) is 0 Å². The number of hydrogen-bond donors (Lipinski definition) is 1. The molecule has 0 aromatic carbocycles. The highest BCUT2D eigenvalue weighted by molar-refractivity contribution is 6.29. The van der Waals surface area contributed by atoms with E-state index in [2.05, 4.69) is 22.5 Å². The van der Waals surface area contributed by atoms with Crippen LogP contribution in [-0.4, -0.2) is 18.1 Å². The van der Waals surface area contributed by atoms with E-state index in [1.165, 1.54) is 6.42 Å². The number of nitrogens with one attached hydrogen (secondary N) is 1. The van der Waals surface area contributed by atoms with Gasteiger partial charge in [0.1, 0.15) is 5.15 Å². The fraction of sp³-hybridized carbons (Fsp3) is 0.364. The lowest BCUT2D eigenvalue weighted by atomic mass is 10.1. The Morgan fingerprint density at radius 1 is 1.50 bits per heavy atom. The van der Waals surface area contributed by atoms with E-state index in [4.69, 9.17) is 11.6 Å². The number of rotatable bonds is 2. The monoisotopic (exact) mass is 208 g/mol. The third kappa shape index (κ3) is 2.56. The summed E-state index contributed by atoms with van der Waals surface area (Å²) in [5, 5.41) is 3.88. The zero-order valence-corrected chi connectivity index (χ0v) is 8.67. The molecule has 3 heteroatoms. The molecule has 1 aliphatic rings. The van der Waals surface area contributed by atoms with Crippen LogP contribution in [0.3, 0.4) is 0 Å². The Balaban J connectivity index is 1.99. The number of halogens is 1. The van der Waals surface area contributed by atoms with E-state index in [-0.39, 0.29) is 0 Å². The zero-order valence-electron chi connectivity index (χ0n) is 7.91. The highest BCUT2D eigenvalue weighted by Gasteiger charge is 2.09. The topological polar surface area (TPSA) is 24.9 Å². The van der Waals surface area contributed by atoms with E-state index in [1.54, 1.807) is 6.20 Å². The molecular formula is C11H13ClN2. The van der Waals surface area contributed by atoms with E-state index >= 15 is 0 Å². The number of nitrogens with zero attached hydrogens (tertiary/aromatic N) is 1. The minimum atomic E-state index is 0.546. The van der Waals surface area contributed by atoms with Gasteiger partial charge in [0.25, 0.3) is 0 Å². The SMILES string of the molecule is Clc1ccc(/C=C/[C@H]2CCNC2)cn1. The van der Waals surface area contributed by atoms with Crippen LogP contribution in [0.5, 0.6) is 0 Å². The van der Waals surface area contributed by atoms with Gasteiger partial charge in [0.05, 0.1) is 0 Å². The van der Waals surface area contributed by atoms with Gasteiger partial charge in [0.2, 0.25) is 0 Å². The molecule has 0 saturated carbocycles. The van der Waals surface area contributed by atoms with E-state index in [0.29, 0.717) is 11.1 Å². The zero-order chi connectivity index (χ0) is 9.80. The molecule has 2 nitrogen and oxygen atoms in total. The molecule has 0 bridgehead atoms. The maximum Gasteiger partial charge on any atom is 0.129 e. The summed E-state index contributed by atoms with van der Waals surface area (Å²) in [4.78, 5) is 4.02. The highest BCUT2D eigenvalue weighted by Crippen LogP contribution is 2.12. The molecule has 1 saturated heterocycles. The summed E-state index contributed by atoms with van der Waals surface area (Å²) < 4.78 is 0. The van der Waals surface area contributed by atoms with Crippen molar-refractivity contribution in [2.45, 2.75) is 6.42 Å². The quantitative estimate of drug-likeness (QED) is 0.755. The fourth-order valence-electron chi connectivity index (χ4n) is 1.57. The molecule has 2 rings (SSSR count). The van der Waals surface area contributed by atoms with Crippen molar-refractivity contribution >= 4 is 17.7 Å². The van der Waals surface area contributed by atoms with Gasteiger partial charge in [0, 0.05) is 12.7 Å². The highest BCUT2D eigenvalue weighted by atomic mass is 35.5. The molecule has 0 spiro atoms. The molecular weight excluding hydrogens is 196 g/mol. The molecule has 1 aromatic heterocycles. The van der Waals surface area contributed by atoms with E-state index in [9.17, 15) is 0 Å². The molecule has 74 valence electrons. The van der Waals surface area contributed by atoms with Crippen LogP contribution < -0.4 is 5.32 Å². The molecule has 0 aliphatic carbocycles. The Kier molecular flexibility index (Phi) is 3.17. The molecule has 1 aliphatic heterocycles. The molecule has 0 radical (unpaired) electrons. The summed E-state index contributed by atoms with van der Waals surface area (Å²) in [6.45, 7) is 2.23. The number of pyridine rings is 1. The standard InChI is InChI=1S/C11H13ClN2/c12-11-4-3-9(8-14-11)1-2-10-5-6-13-7-10/h1-4,8,10,13H,5-7H2/b2-1+/t10-/m0/s1. The van der Waals surface area contributed by atoms with E-state index in [1.807, 2.05) is 12.1 Å². The van der Waals surface area contributed by atoms with Gasteiger partial charge in [-0.25, -0.2) is 4.98 Å². The van der Waals surface area contributed by atoms with Crippen LogP contribution in [0.25, 0.3) is 6.08 Å². The average Bonchev–Trinajstić information content (AvgIpc) is 2.70.